The molecule has 2 atom stereocenters. The van der Waals surface area contributed by atoms with Crippen LogP contribution in [0.1, 0.15) is 18.4 Å². The summed E-state index contributed by atoms with van der Waals surface area (Å²) in [5.74, 6) is 0. The highest BCUT2D eigenvalue weighted by Crippen LogP contribution is 2.29. The lowest BCUT2D eigenvalue weighted by Gasteiger charge is -2.53. The molecule has 3 rings (SSSR count). The molecule has 7 heteroatoms. The molecule has 0 radical (unpaired) electrons. The fraction of sp³-hybridized carbons (Fsp3) is 0.571. The van der Waals surface area contributed by atoms with E-state index >= 15 is 0 Å². The zero-order valence-electron chi connectivity index (χ0n) is 12.0. The Balaban J connectivity index is 1.72. The van der Waals surface area contributed by atoms with Crippen molar-refractivity contribution in [2.45, 2.75) is 37.7 Å². The summed E-state index contributed by atoms with van der Waals surface area (Å²) in [6.07, 6.45) is 0.758. The number of hydrogen-bond acceptors (Lipinski definition) is 7. The fourth-order valence-corrected chi connectivity index (χ4v) is 2.91. The monoisotopic (exact) mass is 293 g/mol. The standard InChI is InChI=1S/C14H23N5O2/c15-12-17-13(16)19(14(18-12)6-8-20-9-7-14)21-10-11-4-2-1-3-5-11/h1-5,12-13,17-18H,6-10,15-16H2. The van der Waals surface area contributed by atoms with Gasteiger partial charge in [0.25, 0.3) is 0 Å². The van der Waals surface area contributed by atoms with Crippen LogP contribution in [0.5, 0.6) is 0 Å². The molecule has 1 aromatic rings. The first-order valence-corrected chi connectivity index (χ1v) is 7.28. The van der Waals surface area contributed by atoms with Gasteiger partial charge in [-0.25, -0.2) is 0 Å². The summed E-state index contributed by atoms with van der Waals surface area (Å²) in [4.78, 5) is 6.00. The predicted molar refractivity (Wildman–Crippen MR) is 78.1 cm³/mol. The Bertz CT molecular complexity index is 452. The van der Waals surface area contributed by atoms with Crippen LogP contribution in [0.2, 0.25) is 0 Å². The zero-order valence-corrected chi connectivity index (χ0v) is 12.0. The van der Waals surface area contributed by atoms with Crippen molar-refractivity contribution in [2.75, 3.05) is 13.2 Å². The van der Waals surface area contributed by atoms with Gasteiger partial charge in [-0.1, -0.05) is 30.3 Å². The molecule has 21 heavy (non-hydrogen) atoms. The van der Waals surface area contributed by atoms with Gasteiger partial charge in [-0.15, -0.1) is 5.06 Å². The molecule has 2 saturated heterocycles. The molecule has 116 valence electrons. The first-order chi connectivity index (χ1) is 10.2. The van der Waals surface area contributed by atoms with Crippen molar-refractivity contribution in [1.29, 1.82) is 0 Å². The van der Waals surface area contributed by atoms with Gasteiger partial charge in [-0.05, 0) is 5.56 Å². The molecule has 0 aromatic heterocycles. The second-order valence-electron chi connectivity index (χ2n) is 5.46. The van der Waals surface area contributed by atoms with Gasteiger partial charge >= 0.3 is 0 Å². The van der Waals surface area contributed by atoms with Crippen molar-refractivity contribution in [3.63, 3.8) is 0 Å². The van der Waals surface area contributed by atoms with E-state index in [9.17, 15) is 0 Å². The van der Waals surface area contributed by atoms with Crippen molar-refractivity contribution in [2.24, 2.45) is 11.5 Å². The van der Waals surface area contributed by atoms with Crippen molar-refractivity contribution < 1.29 is 9.57 Å². The Morgan fingerprint density at radius 1 is 1.24 bits per heavy atom. The summed E-state index contributed by atoms with van der Waals surface area (Å²) < 4.78 is 5.45. The van der Waals surface area contributed by atoms with Crippen LogP contribution in [0.25, 0.3) is 0 Å². The molecule has 0 saturated carbocycles. The summed E-state index contributed by atoms with van der Waals surface area (Å²) >= 11 is 0. The second kappa shape index (κ2) is 6.37. The second-order valence-corrected chi connectivity index (χ2v) is 5.46. The van der Waals surface area contributed by atoms with E-state index in [-0.39, 0.29) is 12.0 Å². The van der Waals surface area contributed by atoms with E-state index in [1.807, 2.05) is 30.3 Å². The largest absolute Gasteiger partial charge is 0.381 e. The van der Waals surface area contributed by atoms with Crippen LogP contribution < -0.4 is 22.1 Å². The number of hydrogen-bond donors (Lipinski definition) is 4. The first-order valence-electron chi connectivity index (χ1n) is 7.28. The normalized spacial score (nSPS) is 29.6. The summed E-state index contributed by atoms with van der Waals surface area (Å²) in [6.45, 7) is 1.80. The van der Waals surface area contributed by atoms with E-state index in [0.29, 0.717) is 19.8 Å². The van der Waals surface area contributed by atoms with E-state index < -0.39 is 6.29 Å². The maximum atomic E-state index is 6.17. The highest BCUT2D eigenvalue weighted by Gasteiger charge is 2.46. The molecular weight excluding hydrogens is 270 g/mol. The van der Waals surface area contributed by atoms with Gasteiger partial charge in [0.05, 0.1) is 6.61 Å². The zero-order chi connectivity index (χ0) is 14.7. The molecule has 2 fully saturated rings. The van der Waals surface area contributed by atoms with Gasteiger partial charge < -0.3 is 16.2 Å². The summed E-state index contributed by atoms with van der Waals surface area (Å²) in [6, 6.07) is 10.0. The molecule has 1 aromatic carbocycles. The molecular formula is C14H23N5O2. The molecule has 0 aliphatic carbocycles. The van der Waals surface area contributed by atoms with E-state index in [0.717, 1.165) is 18.4 Å². The fourth-order valence-electron chi connectivity index (χ4n) is 2.91. The van der Waals surface area contributed by atoms with Crippen molar-refractivity contribution in [3.05, 3.63) is 35.9 Å². The van der Waals surface area contributed by atoms with Gasteiger partial charge in [0.2, 0.25) is 0 Å². The molecule has 2 unspecified atom stereocenters. The lowest BCUT2D eigenvalue weighted by molar-refractivity contribution is -0.303. The number of nitrogens with one attached hydrogen (secondary N) is 2. The molecule has 2 aliphatic rings. The molecule has 7 nitrogen and oxygen atoms in total. The Morgan fingerprint density at radius 2 is 1.95 bits per heavy atom. The van der Waals surface area contributed by atoms with Crippen LogP contribution in [-0.2, 0) is 16.2 Å². The van der Waals surface area contributed by atoms with Gasteiger partial charge in [0.1, 0.15) is 18.2 Å². The van der Waals surface area contributed by atoms with Gasteiger partial charge in [0.15, 0.2) is 0 Å². The van der Waals surface area contributed by atoms with Crippen LogP contribution in [0.15, 0.2) is 30.3 Å². The third-order valence-corrected chi connectivity index (χ3v) is 3.98. The topological polar surface area (TPSA) is 97.8 Å². The minimum atomic E-state index is -0.455. The Hall–Kier alpha value is -1.06. The molecule has 6 N–H and O–H groups in total. The molecule has 0 amide bonds. The quantitative estimate of drug-likeness (QED) is 0.602. The Kier molecular flexibility index (Phi) is 4.51. The highest BCUT2D eigenvalue weighted by atomic mass is 16.7. The maximum Gasteiger partial charge on any atom is 0.139 e. The van der Waals surface area contributed by atoms with Crippen LogP contribution in [0.3, 0.4) is 0 Å². The van der Waals surface area contributed by atoms with Gasteiger partial charge in [0, 0.05) is 26.1 Å². The lowest BCUT2D eigenvalue weighted by Crippen LogP contribution is -2.80. The first kappa shape index (κ1) is 14.9. The molecule has 1 spiro atoms. The van der Waals surface area contributed by atoms with Crippen LogP contribution in [0, 0.1) is 0 Å². The Labute approximate surface area is 124 Å². The minimum absolute atomic E-state index is 0.352. The molecule has 0 bridgehead atoms. The minimum Gasteiger partial charge on any atom is -0.381 e. The summed E-state index contributed by atoms with van der Waals surface area (Å²) in [5, 5.41) is 8.20. The number of benzene rings is 1. The average molecular weight is 293 g/mol. The number of rotatable bonds is 3. The van der Waals surface area contributed by atoms with E-state index in [1.54, 1.807) is 5.06 Å². The lowest BCUT2D eigenvalue weighted by atomic mass is 9.98. The number of nitrogens with zero attached hydrogens (tertiary/aromatic N) is 1. The molecule has 2 heterocycles. The smallest absolute Gasteiger partial charge is 0.139 e. The number of nitrogens with two attached hydrogens (primary N) is 2. The van der Waals surface area contributed by atoms with Crippen molar-refractivity contribution >= 4 is 0 Å². The average Bonchev–Trinajstić information content (AvgIpc) is 2.48. The number of ether oxygens (including phenoxy) is 1. The van der Waals surface area contributed by atoms with Crippen molar-refractivity contribution in [1.82, 2.24) is 15.7 Å². The highest BCUT2D eigenvalue weighted by molar-refractivity contribution is 5.13. The maximum absolute atomic E-state index is 6.17. The summed E-state index contributed by atoms with van der Waals surface area (Å²) in [7, 11) is 0. The Morgan fingerprint density at radius 3 is 2.67 bits per heavy atom. The third-order valence-electron chi connectivity index (χ3n) is 3.98. The van der Waals surface area contributed by atoms with Gasteiger partial charge in [-0.2, -0.15) is 0 Å². The van der Waals surface area contributed by atoms with E-state index in [2.05, 4.69) is 10.6 Å². The third kappa shape index (κ3) is 3.24. The van der Waals surface area contributed by atoms with E-state index in [4.69, 9.17) is 21.0 Å². The number of hydroxylamine groups is 2. The molecule has 2 aliphatic heterocycles. The van der Waals surface area contributed by atoms with Crippen LogP contribution in [-0.4, -0.2) is 36.5 Å². The van der Waals surface area contributed by atoms with Crippen molar-refractivity contribution in [3.8, 4) is 0 Å². The van der Waals surface area contributed by atoms with Gasteiger partial charge in [-0.3, -0.25) is 15.5 Å². The van der Waals surface area contributed by atoms with E-state index in [1.165, 1.54) is 0 Å². The SMILES string of the molecule is NC1NC(N)N(OCc2ccccc2)C2(CCOCC2)N1. The van der Waals surface area contributed by atoms with Crippen LogP contribution >= 0.6 is 0 Å². The predicted octanol–water partition coefficient (Wildman–Crippen LogP) is -0.396. The van der Waals surface area contributed by atoms with Crippen LogP contribution in [0.4, 0.5) is 0 Å². The summed E-state index contributed by atoms with van der Waals surface area (Å²) in [5.41, 5.74) is 12.9.